The van der Waals surface area contributed by atoms with Gasteiger partial charge in [0.25, 0.3) is 0 Å². The number of ether oxygens (including phenoxy) is 2. The normalized spacial score (nSPS) is 30.0. The van der Waals surface area contributed by atoms with Crippen molar-refractivity contribution in [3.8, 4) is 0 Å². The van der Waals surface area contributed by atoms with Crippen LogP contribution in [-0.4, -0.2) is 31.2 Å². The summed E-state index contributed by atoms with van der Waals surface area (Å²) in [5.41, 5.74) is 2.51. The summed E-state index contributed by atoms with van der Waals surface area (Å²) in [6.45, 7) is 3.89. The van der Waals surface area contributed by atoms with E-state index in [0.29, 0.717) is 12.5 Å². The highest BCUT2D eigenvalue weighted by Gasteiger charge is 2.23. The summed E-state index contributed by atoms with van der Waals surface area (Å²) in [5.74, 6) is 0.711. The second-order valence-electron chi connectivity index (χ2n) is 5.15. The summed E-state index contributed by atoms with van der Waals surface area (Å²) in [5, 5.41) is 9.34. The topological polar surface area (TPSA) is 38.7 Å². The van der Waals surface area contributed by atoms with Crippen LogP contribution in [0.2, 0.25) is 0 Å². The molecule has 1 unspecified atom stereocenters. The fourth-order valence-corrected chi connectivity index (χ4v) is 2.72. The molecule has 1 heterocycles. The maximum absolute atomic E-state index is 9.34. The van der Waals surface area contributed by atoms with Crippen LogP contribution >= 0.6 is 0 Å². The molecule has 3 heteroatoms. The van der Waals surface area contributed by atoms with Gasteiger partial charge in [-0.2, -0.15) is 0 Å². The number of aliphatic hydroxyl groups excluding tert-OH is 1. The van der Waals surface area contributed by atoms with Crippen molar-refractivity contribution in [2.45, 2.75) is 51.7 Å². The van der Waals surface area contributed by atoms with Crippen LogP contribution < -0.4 is 0 Å². The molecule has 0 aromatic carbocycles. The molecule has 0 aromatic heterocycles. The lowest BCUT2D eigenvalue weighted by Crippen LogP contribution is -2.23. The summed E-state index contributed by atoms with van der Waals surface area (Å²) in [7, 11) is 0. The standard InChI is InChI=1S/C14H24O3/c1-2-11-7-12(9-15)13(8-11)10-17-14-5-3-4-6-16-14/h11,14-15H,2-10H2,1H3/t11-,14?/m0/s1. The molecule has 0 bridgehead atoms. The molecule has 1 saturated heterocycles. The van der Waals surface area contributed by atoms with Crippen LogP contribution in [0.1, 0.15) is 45.4 Å². The molecule has 0 saturated carbocycles. The molecule has 2 aliphatic rings. The zero-order valence-electron chi connectivity index (χ0n) is 10.8. The summed E-state index contributed by atoms with van der Waals surface area (Å²) in [6, 6.07) is 0. The molecule has 0 spiro atoms. The highest BCUT2D eigenvalue weighted by Crippen LogP contribution is 2.33. The van der Waals surface area contributed by atoms with Gasteiger partial charge >= 0.3 is 0 Å². The fraction of sp³-hybridized carbons (Fsp3) is 0.857. The van der Waals surface area contributed by atoms with Crippen LogP contribution in [0.15, 0.2) is 11.1 Å². The van der Waals surface area contributed by atoms with E-state index in [1.165, 1.54) is 24.0 Å². The molecule has 17 heavy (non-hydrogen) atoms. The molecule has 1 N–H and O–H groups in total. The van der Waals surface area contributed by atoms with Gasteiger partial charge in [0.15, 0.2) is 6.29 Å². The monoisotopic (exact) mass is 240 g/mol. The molecule has 3 nitrogen and oxygen atoms in total. The van der Waals surface area contributed by atoms with Gasteiger partial charge in [0.2, 0.25) is 0 Å². The van der Waals surface area contributed by atoms with Gasteiger partial charge in [-0.15, -0.1) is 0 Å². The van der Waals surface area contributed by atoms with Crippen molar-refractivity contribution in [1.82, 2.24) is 0 Å². The highest BCUT2D eigenvalue weighted by molar-refractivity contribution is 5.22. The minimum atomic E-state index is -0.0168. The molecule has 0 amide bonds. The van der Waals surface area contributed by atoms with E-state index in [-0.39, 0.29) is 12.9 Å². The quantitative estimate of drug-likeness (QED) is 0.751. The Morgan fingerprint density at radius 1 is 1.29 bits per heavy atom. The first-order valence-electron chi connectivity index (χ1n) is 6.87. The SMILES string of the molecule is CC[C@H]1CC(CO)=C(COC2CCCCO2)C1. The summed E-state index contributed by atoms with van der Waals surface area (Å²) in [4.78, 5) is 0. The van der Waals surface area contributed by atoms with Gasteiger partial charge in [0.1, 0.15) is 0 Å². The second-order valence-corrected chi connectivity index (χ2v) is 5.15. The molecule has 2 atom stereocenters. The average molecular weight is 240 g/mol. The van der Waals surface area contributed by atoms with Crippen molar-refractivity contribution >= 4 is 0 Å². The Morgan fingerprint density at radius 2 is 2.12 bits per heavy atom. The van der Waals surface area contributed by atoms with E-state index in [2.05, 4.69) is 6.92 Å². The highest BCUT2D eigenvalue weighted by atomic mass is 16.7. The molecule has 2 rings (SSSR count). The van der Waals surface area contributed by atoms with Gasteiger partial charge in [-0.3, -0.25) is 0 Å². The van der Waals surface area contributed by atoms with E-state index >= 15 is 0 Å². The Morgan fingerprint density at radius 3 is 2.76 bits per heavy atom. The maximum Gasteiger partial charge on any atom is 0.158 e. The molecular formula is C14H24O3. The van der Waals surface area contributed by atoms with Gasteiger partial charge in [-0.1, -0.05) is 13.3 Å². The van der Waals surface area contributed by atoms with Gasteiger partial charge in [0.05, 0.1) is 13.2 Å². The number of hydrogen-bond donors (Lipinski definition) is 1. The van der Waals surface area contributed by atoms with E-state index in [9.17, 15) is 5.11 Å². The molecular weight excluding hydrogens is 216 g/mol. The summed E-state index contributed by atoms with van der Waals surface area (Å²) >= 11 is 0. The Kier molecular flexibility index (Phi) is 5.01. The van der Waals surface area contributed by atoms with Crippen molar-refractivity contribution in [3.63, 3.8) is 0 Å². The van der Waals surface area contributed by atoms with Crippen molar-refractivity contribution in [2.24, 2.45) is 5.92 Å². The van der Waals surface area contributed by atoms with Gasteiger partial charge in [0, 0.05) is 6.61 Å². The lowest BCUT2D eigenvalue weighted by molar-refractivity contribution is -0.157. The molecule has 0 aromatic rings. The van der Waals surface area contributed by atoms with Crippen molar-refractivity contribution < 1.29 is 14.6 Å². The Bertz CT molecular complexity index is 267. The van der Waals surface area contributed by atoms with Crippen LogP contribution in [0.3, 0.4) is 0 Å². The Balaban J connectivity index is 1.80. The average Bonchev–Trinajstić information content (AvgIpc) is 2.80. The first-order chi connectivity index (χ1) is 8.33. The van der Waals surface area contributed by atoms with Gasteiger partial charge in [-0.25, -0.2) is 0 Å². The Labute approximate surface area is 104 Å². The predicted octanol–water partition coefficient (Wildman–Crippen LogP) is 2.64. The van der Waals surface area contributed by atoms with Crippen LogP contribution in [-0.2, 0) is 9.47 Å². The summed E-state index contributed by atoms with van der Waals surface area (Å²) < 4.78 is 11.4. The minimum absolute atomic E-state index is 0.0168. The third-order valence-electron chi connectivity index (χ3n) is 3.92. The third-order valence-corrected chi connectivity index (χ3v) is 3.92. The van der Waals surface area contributed by atoms with Crippen molar-refractivity contribution in [2.75, 3.05) is 19.8 Å². The molecule has 1 aliphatic carbocycles. The van der Waals surface area contributed by atoms with E-state index in [1.54, 1.807) is 0 Å². The zero-order chi connectivity index (χ0) is 12.1. The van der Waals surface area contributed by atoms with E-state index in [0.717, 1.165) is 32.3 Å². The van der Waals surface area contributed by atoms with E-state index < -0.39 is 0 Å². The van der Waals surface area contributed by atoms with Crippen LogP contribution in [0.25, 0.3) is 0 Å². The number of rotatable bonds is 5. The molecule has 98 valence electrons. The predicted molar refractivity (Wildman–Crippen MR) is 66.7 cm³/mol. The third kappa shape index (κ3) is 3.54. The summed E-state index contributed by atoms with van der Waals surface area (Å²) in [6.07, 6.45) is 6.69. The Hall–Kier alpha value is -0.380. The van der Waals surface area contributed by atoms with E-state index in [1.807, 2.05) is 0 Å². The zero-order valence-corrected chi connectivity index (χ0v) is 10.8. The van der Waals surface area contributed by atoms with Crippen LogP contribution in [0.5, 0.6) is 0 Å². The first kappa shape index (κ1) is 13.1. The van der Waals surface area contributed by atoms with Gasteiger partial charge in [-0.05, 0) is 49.2 Å². The van der Waals surface area contributed by atoms with Gasteiger partial charge < -0.3 is 14.6 Å². The largest absolute Gasteiger partial charge is 0.392 e. The smallest absolute Gasteiger partial charge is 0.158 e. The van der Waals surface area contributed by atoms with Crippen LogP contribution in [0, 0.1) is 5.92 Å². The van der Waals surface area contributed by atoms with E-state index in [4.69, 9.17) is 9.47 Å². The number of hydrogen-bond acceptors (Lipinski definition) is 3. The molecule has 1 fully saturated rings. The minimum Gasteiger partial charge on any atom is -0.392 e. The number of aliphatic hydroxyl groups is 1. The molecule has 1 aliphatic heterocycles. The van der Waals surface area contributed by atoms with Crippen molar-refractivity contribution in [3.05, 3.63) is 11.1 Å². The van der Waals surface area contributed by atoms with Crippen LogP contribution in [0.4, 0.5) is 0 Å². The van der Waals surface area contributed by atoms with Crippen molar-refractivity contribution in [1.29, 1.82) is 0 Å². The lowest BCUT2D eigenvalue weighted by Gasteiger charge is -2.23. The fourth-order valence-electron chi connectivity index (χ4n) is 2.72. The maximum atomic E-state index is 9.34. The second kappa shape index (κ2) is 6.53. The lowest BCUT2D eigenvalue weighted by atomic mass is 10.0. The molecule has 0 radical (unpaired) electrons. The first-order valence-corrected chi connectivity index (χ1v) is 6.87.